The number of aryl methyl sites for hydroxylation is 1. The fraction of sp³-hybridized carbons (Fsp3) is 0.533. The van der Waals surface area contributed by atoms with E-state index in [4.69, 9.17) is 0 Å². The highest BCUT2D eigenvalue weighted by Gasteiger charge is 2.31. The van der Waals surface area contributed by atoms with Crippen LogP contribution < -0.4 is 10.2 Å². The Bertz CT molecular complexity index is 634. The highest BCUT2D eigenvalue weighted by molar-refractivity contribution is 5.79. The van der Waals surface area contributed by atoms with Crippen LogP contribution in [0.25, 0.3) is 0 Å². The molecule has 0 aliphatic carbocycles. The normalized spacial score (nSPS) is 18.3. The second-order valence-electron chi connectivity index (χ2n) is 5.85. The van der Waals surface area contributed by atoms with Crippen molar-refractivity contribution >= 4 is 17.3 Å². The third kappa shape index (κ3) is 4.59. The number of benzene rings is 1. The van der Waals surface area contributed by atoms with Crippen LogP contribution in [0, 0.1) is 23.0 Å². The highest BCUT2D eigenvalue weighted by Crippen LogP contribution is 2.28. The number of carbonyl (C=O) groups is 1. The van der Waals surface area contributed by atoms with Crippen LogP contribution in [0.3, 0.4) is 0 Å². The smallest absolute Gasteiger partial charge is 0.371 e. The van der Waals surface area contributed by atoms with E-state index in [-0.39, 0.29) is 5.69 Å². The van der Waals surface area contributed by atoms with E-state index in [1.165, 1.54) is 6.07 Å². The first kappa shape index (κ1) is 18.0. The minimum absolute atomic E-state index is 0.00947. The fourth-order valence-electron chi connectivity index (χ4n) is 2.80. The van der Waals surface area contributed by atoms with Gasteiger partial charge in [-0.15, -0.1) is 0 Å². The van der Waals surface area contributed by atoms with E-state index < -0.39 is 29.5 Å². The van der Waals surface area contributed by atoms with Crippen molar-refractivity contribution in [1.82, 2.24) is 5.32 Å². The number of amides is 1. The monoisotopic (exact) mass is 345 g/mol. The number of hydrogen-bond donors (Lipinski definition) is 1. The van der Waals surface area contributed by atoms with Crippen molar-refractivity contribution in [2.45, 2.75) is 25.9 Å². The van der Waals surface area contributed by atoms with E-state index in [2.05, 4.69) is 0 Å². The summed E-state index contributed by atoms with van der Waals surface area (Å²) in [5, 5.41) is 12.8. The predicted molar refractivity (Wildman–Crippen MR) is 81.8 cm³/mol. The Kier molecular flexibility index (Phi) is 5.30. The summed E-state index contributed by atoms with van der Waals surface area (Å²) in [5.41, 5.74) is 1.24. The van der Waals surface area contributed by atoms with Crippen LogP contribution in [0.2, 0.25) is 0 Å². The molecule has 0 saturated carbocycles. The van der Waals surface area contributed by atoms with Crippen LogP contribution in [0.5, 0.6) is 0 Å². The Hall–Kier alpha value is -2.32. The predicted octanol–water partition coefficient (Wildman–Crippen LogP) is 2.80. The van der Waals surface area contributed by atoms with Gasteiger partial charge in [0.15, 0.2) is 0 Å². The second-order valence-corrected chi connectivity index (χ2v) is 5.85. The summed E-state index contributed by atoms with van der Waals surface area (Å²) in [6, 6.07) is 4.66. The first-order valence-corrected chi connectivity index (χ1v) is 7.52. The molecule has 0 aromatic heterocycles. The van der Waals surface area contributed by atoms with E-state index in [9.17, 15) is 28.1 Å². The van der Waals surface area contributed by atoms with Crippen molar-refractivity contribution in [1.29, 1.82) is 0 Å². The lowest BCUT2D eigenvalue weighted by Gasteiger charge is -2.34. The Morgan fingerprint density at radius 2 is 2.17 bits per heavy atom. The van der Waals surface area contributed by atoms with Gasteiger partial charge in [-0.2, -0.15) is 13.2 Å². The van der Waals surface area contributed by atoms with Crippen molar-refractivity contribution in [3.05, 3.63) is 33.9 Å². The molecule has 0 bridgehead atoms. The zero-order chi connectivity index (χ0) is 17.9. The molecule has 1 aliphatic rings. The first-order chi connectivity index (χ1) is 11.2. The maximum atomic E-state index is 12.2. The number of nitro benzene ring substituents is 1. The summed E-state index contributed by atoms with van der Waals surface area (Å²) in [4.78, 5) is 24.2. The van der Waals surface area contributed by atoms with Crippen LogP contribution in [0.1, 0.15) is 18.4 Å². The maximum absolute atomic E-state index is 12.2. The van der Waals surface area contributed by atoms with E-state index in [1.807, 2.05) is 10.2 Å². The number of alkyl halides is 3. The van der Waals surface area contributed by atoms with Gasteiger partial charge in [0.1, 0.15) is 6.54 Å². The van der Waals surface area contributed by atoms with Crippen molar-refractivity contribution in [2.24, 2.45) is 5.92 Å². The second kappa shape index (κ2) is 7.06. The molecule has 1 aromatic rings. The summed E-state index contributed by atoms with van der Waals surface area (Å²) in [5.74, 6) is -1.15. The average Bonchev–Trinajstić information content (AvgIpc) is 2.51. The van der Waals surface area contributed by atoms with Crippen LogP contribution in [-0.4, -0.2) is 36.6 Å². The van der Waals surface area contributed by atoms with Gasteiger partial charge in [-0.1, -0.05) is 0 Å². The zero-order valence-corrected chi connectivity index (χ0v) is 13.1. The molecular formula is C15H18F3N3O3. The molecule has 1 heterocycles. The molecular weight excluding hydrogens is 327 g/mol. The number of nitro groups is 1. The van der Waals surface area contributed by atoms with Gasteiger partial charge in [0.05, 0.1) is 10.8 Å². The van der Waals surface area contributed by atoms with Gasteiger partial charge in [0, 0.05) is 30.4 Å². The largest absolute Gasteiger partial charge is 0.405 e. The number of carbonyl (C=O) groups excluding carboxylic acids is 1. The molecule has 1 fully saturated rings. The lowest BCUT2D eigenvalue weighted by molar-refractivity contribution is -0.385. The van der Waals surface area contributed by atoms with E-state index >= 15 is 0 Å². The summed E-state index contributed by atoms with van der Waals surface area (Å²) >= 11 is 0. The third-order valence-electron chi connectivity index (χ3n) is 4.00. The Morgan fingerprint density at radius 1 is 1.46 bits per heavy atom. The maximum Gasteiger partial charge on any atom is 0.405 e. The van der Waals surface area contributed by atoms with Gasteiger partial charge in [-0.05, 0) is 31.9 Å². The molecule has 2 rings (SSSR count). The van der Waals surface area contributed by atoms with Crippen LogP contribution in [-0.2, 0) is 4.79 Å². The molecule has 6 nitrogen and oxygen atoms in total. The van der Waals surface area contributed by atoms with Gasteiger partial charge in [0.25, 0.3) is 5.69 Å². The summed E-state index contributed by atoms with van der Waals surface area (Å²) in [7, 11) is 0. The molecule has 1 N–H and O–H groups in total. The summed E-state index contributed by atoms with van der Waals surface area (Å²) in [6.45, 7) is 1.24. The quantitative estimate of drug-likeness (QED) is 0.673. The lowest BCUT2D eigenvalue weighted by Crippen LogP contribution is -2.45. The Labute approximate surface area is 136 Å². The molecule has 1 amide bonds. The molecule has 1 saturated heterocycles. The van der Waals surface area contributed by atoms with Gasteiger partial charge in [0.2, 0.25) is 5.91 Å². The van der Waals surface area contributed by atoms with Crippen molar-refractivity contribution < 1.29 is 22.9 Å². The lowest BCUT2D eigenvalue weighted by atomic mass is 9.96. The molecule has 9 heteroatoms. The average molecular weight is 345 g/mol. The number of anilines is 1. The molecule has 132 valence electrons. The molecule has 1 atom stereocenters. The van der Waals surface area contributed by atoms with E-state index in [0.29, 0.717) is 31.5 Å². The van der Waals surface area contributed by atoms with Crippen molar-refractivity contribution in [3.63, 3.8) is 0 Å². The third-order valence-corrected chi connectivity index (χ3v) is 4.00. The summed E-state index contributed by atoms with van der Waals surface area (Å²) in [6.07, 6.45) is -3.24. The SMILES string of the molecule is Cc1cc(N2CCCC(C(=O)NCC(F)(F)F)C2)ccc1[N+](=O)[O-]. The number of hydrogen-bond acceptors (Lipinski definition) is 4. The summed E-state index contributed by atoms with van der Waals surface area (Å²) < 4.78 is 36.6. The molecule has 1 unspecified atom stereocenters. The van der Waals surface area contributed by atoms with Crippen molar-refractivity contribution in [2.75, 3.05) is 24.5 Å². The van der Waals surface area contributed by atoms with Crippen LogP contribution >= 0.6 is 0 Å². The van der Waals surface area contributed by atoms with Gasteiger partial charge in [-0.3, -0.25) is 14.9 Å². The number of nitrogens with one attached hydrogen (secondary N) is 1. The first-order valence-electron chi connectivity index (χ1n) is 7.52. The van der Waals surface area contributed by atoms with Crippen LogP contribution in [0.15, 0.2) is 18.2 Å². The topological polar surface area (TPSA) is 75.5 Å². The highest BCUT2D eigenvalue weighted by atomic mass is 19.4. The number of nitrogens with zero attached hydrogens (tertiary/aromatic N) is 2. The fourth-order valence-corrected chi connectivity index (χ4v) is 2.80. The number of halogens is 3. The molecule has 24 heavy (non-hydrogen) atoms. The van der Waals surface area contributed by atoms with E-state index in [0.717, 1.165) is 5.69 Å². The number of rotatable bonds is 4. The van der Waals surface area contributed by atoms with Crippen molar-refractivity contribution in [3.8, 4) is 0 Å². The van der Waals surface area contributed by atoms with Crippen LogP contribution in [0.4, 0.5) is 24.5 Å². The standard InChI is InChI=1S/C15H18F3N3O3/c1-10-7-12(4-5-13(10)21(23)24)20-6-2-3-11(8-20)14(22)19-9-15(16,17)18/h4-5,7,11H,2-3,6,8-9H2,1H3,(H,19,22). The minimum Gasteiger partial charge on any atom is -0.371 e. The zero-order valence-electron chi connectivity index (χ0n) is 13.1. The molecule has 1 aliphatic heterocycles. The molecule has 0 radical (unpaired) electrons. The van der Waals surface area contributed by atoms with Gasteiger partial charge < -0.3 is 10.2 Å². The van der Waals surface area contributed by atoms with E-state index in [1.54, 1.807) is 19.1 Å². The van der Waals surface area contributed by atoms with Gasteiger partial charge in [-0.25, -0.2) is 0 Å². The minimum atomic E-state index is -4.43. The molecule has 1 aromatic carbocycles. The number of piperidine rings is 1. The Morgan fingerprint density at radius 3 is 2.75 bits per heavy atom. The molecule has 0 spiro atoms. The Balaban J connectivity index is 2.04. The van der Waals surface area contributed by atoms with Gasteiger partial charge >= 0.3 is 6.18 Å².